The fourth-order valence-corrected chi connectivity index (χ4v) is 8.89. The van der Waals surface area contributed by atoms with Gasteiger partial charge in [-0.2, -0.15) is 0 Å². The first kappa shape index (κ1) is 25.8. The van der Waals surface area contributed by atoms with E-state index in [2.05, 4.69) is 61.1 Å². The molecule has 34 heavy (non-hydrogen) atoms. The molecule has 0 aliphatic heterocycles. The zero-order chi connectivity index (χ0) is 25.1. The summed E-state index contributed by atoms with van der Waals surface area (Å²) in [7, 11) is 0. The molecule has 1 fully saturated rings. The van der Waals surface area contributed by atoms with Crippen molar-refractivity contribution in [3.63, 3.8) is 0 Å². The topological polar surface area (TPSA) is 26.3 Å². The summed E-state index contributed by atoms with van der Waals surface area (Å²) in [5, 5.41) is 0. The molecular weight excluding hydrogens is 416 g/mol. The summed E-state index contributed by atoms with van der Waals surface area (Å²) < 4.78 is 6.25. The summed E-state index contributed by atoms with van der Waals surface area (Å²) in [6.07, 6.45) is 13.3. The molecule has 190 valence electrons. The highest BCUT2D eigenvalue weighted by molar-refractivity contribution is 5.67. The third kappa shape index (κ3) is 4.05. The Morgan fingerprint density at radius 2 is 1.88 bits per heavy atom. The van der Waals surface area contributed by atoms with Gasteiger partial charge in [-0.15, -0.1) is 0 Å². The first-order valence-electron chi connectivity index (χ1n) is 14.1. The number of carbonyl (C=O) groups excluding carboxylic acids is 1. The van der Waals surface area contributed by atoms with Gasteiger partial charge < -0.3 is 4.74 Å². The number of fused-ring (bicyclic) bond motifs is 4. The van der Waals surface area contributed by atoms with Gasteiger partial charge in [-0.25, -0.2) is 0 Å². The second kappa shape index (κ2) is 8.97. The Hall–Kier alpha value is -1.31. The Kier molecular flexibility index (Phi) is 6.80. The van der Waals surface area contributed by atoms with Crippen molar-refractivity contribution in [2.45, 2.75) is 119 Å². The number of esters is 1. The van der Waals surface area contributed by atoms with Gasteiger partial charge >= 0.3 is 5.97 Å². The van der Waals surface area contributed by atoms with Gasteiger partial charge in [0.2, 0.25) is 0 Å². The number of allylic oxidation sites excluding steroid dienone is 3. The normalized spacial score (nSPS) is 37.4. The van der Waals surface area contributed by atoms with Crippen LogP contribution in [0.3, 0.4) is 0 Å². The molecule has 4 aliphatic rings. The van der Waals surface area contributed by atoms with Crippen molar-refractivity contribution >= 4 is 5.97 Å². The van der Waals surface area contributed by atoms with Crippen LogP contribution in [0.25, 0.3) is 0 Å². The SMILES string of the molecule is C=C(CC[C@@H](C)[C@H]1CC=C2C3=C(C[C@H](OC(C)=O)[C@@]21C)[C@@]1(C)CCCC(C)(C)C1CC3)C(C)C. The van der Waals surface area contributed by atoms with Gasteiger partial charge in [0.25, 0.3) is 0 Å². The fourth-order valence-electron chi connectivity index (χ4n) is 8.89. The van der Waals surface area contributed by atoms with Crippen molar-refractivity contribution in [1.82, 2.24) is 0 Å². The van der Waals surface area contributed by atoms with Gasteiger partial charge in [0.1, 0.15) is 6.10 Å². The molecule has 0 bridgehead atoms. The maximum absolute atomic E-state index is 12.4. The van der Waals surface area contributed by atoms with Crippen LogP contribution in [0.1, 0.15) is 113 Å². The highest BCUT2D eigenvalue weighted by atomic mass is 16.5. The Labute approximate surface area is 209 Å². The molecule has 0 aromatic rings. The van der Waals surface area contributed by atoms with E-state index in [-0.39, 0.29) is 22.9 Å². The number of rotatable bonds is 6. The second-order valence-electron chi connectivity index (χ2n) is 13.7. The molecule has 0 spiro atoms. The van der Waals surface area contributed by atoms with Crippen LogP contribution in [0.4, 0.5) is 0 Å². The summed E-state index contributed by atoms with van der Waals surface area (Å²) in [5.41, 5.74) is 6.77. The summed E-state index contributed by atoms with van der Waals surface area (Å²) in [5.74, 6) is 2.26. The van der Waals surface area contributed by atoms with Gasteiger partial charge in [0.15, 0.2) is 0 Å². The molecule has 1 saturated carbocycles. The van der Waals surface area contributed by atoms with E-state index in [0.29, 0.717) is 23.2 Å². The molecule has 0 heterocycles. The Balaban J connectivity index is 1.70. The van der Waals surface area contributed by atoms with E-state index in [0.717, 1.165) is 25.2 Å². The molecule has 0 amide bonds. The van der Waals surface area contributed by atoms with Crippen molar-refractivity contribution in [2.24, 2.45) is 39.9 Å². The van der Waals surface area contributed by atoms with Crippen LogP contribution in [-0.4, -0.2) is 12.1 Å². The Morgan fingerprint density at radius 3 is 2.53 bits per heavy atom. The molecule has 2 heteroatoms. The summed E-state index contributed by atoms with van der Waals surface area (Å²) in [4.78, 5) is 12.4. The molecular formula is C32H50O2. The van der Waals surface area contributed by atoms with Crippen LogP contribution in [-0.2, 0) is 9.53 Å². The first-order chi connectivity index (χ1) is 15.8. The average Bonchev–Trinajstić information content (AvgIpc) is 3.10. The minimum atomic E-state index is -0.123. The molecule has 6 atom stereocenters. The lowest BCUT2D eigenvalue weighted by Gasteiger charge is -2.59. The van der Waals surface area contributed by atoms with Crippen LogP contribution in [0, 0.1) is 39.9 Å². The van der Waals surface area contributed by atoms with Crippen molar-refractivity contribution in [2.75, 3.05) is 0 Å². The number of hydrogen-bond donors (Lipinski definition) is 0. The summed E-state index contributed by atoms with van der Waals surface area (Å²) >= 11 is 0. The average molecular weight is 467 g/mol. The van der Waals surface area contributed by atoms with Crippen molar-refractivity contribution in [3.8, 4) is 0 Å². The van der Waals surface area contributed by atoms with Crippen LogP contribution in [0.2, 0.25) is 0 Å². The standard InChI is InChI=1S/C32H50O2/c1-20(2)21(3)11-12-22(4)25-14-15-26-24-13-16-28-30(6,7)17-10-18-31(28,8)27(24)19-29(32(25,26)9)34-23(5)33/h15,20,22,25,28-29H,3,10-14,16-19H2,1-2,4-9H3/t22-,25-,28?,29+,31-,32-/m1/s1. The Bertz CT molecular complexity index is 902. The van der Waals surface area contributed by atoms with E-state index in [9.17, 15) is 4.79 Å². The maximum Gasteiger partial charge on any atom is 0.302 e. The van der Waals surface area contributed by atoms with Crippen molar-refractivity contribution < 1.29 is 9.53 Å². The van der Waals surface area contributed by atoms with Crippen LogP contribution in [0.15, 0.2) is 34.9 Å². The third-order valence-electron chi connectivity index (χ3n) is 11.0. The predicted octanol–water partition coefficient (Wildman–Crippen LogP) is 8.83. The number of carbonyl (C=O) groups is 1. The van der Waals surface area contributed by atoms with Gasteiger partial charge in [0, 0.05) is 18.8 Å². The van der Waals surface area contributed by atoms with E-state index < -0.39 is 0 Å². The van der Waals surface area contributed by atoms with Gasteiger partial charge in [-0.1, -0.05) is 78.7 Å². The lowest BCUT2D eigenvalue weighted by Crippen LogP contribution is -2.52. The molecule has 0 saturated heterocycles. The molecule has 0 radical (unpaired) electrons. The lowest BCUT2D eigenvalue weighted by atomic mass is 9.46. The quantitative estimate of drug-likeness (QED) is 0.289. The lowest BCUT2D eigenvalue weighted by molar-refractivity contribution is -0.155. The van der Waals surface area contributed by atoms with Gasteiger partial charge in [-0.3, -0.25) is 4.79 Å². The van der Waals surface area contributed by atoms with Crippen LogP contribution < -0.4 is 0 Å². The molecule has 4 rings (SSSR count). The number of hydrogen-bond acceptors (Lipinski definition) is 2. The van der Waals surface area contributed by atoms with E-state index in [4.69, 9.17) is 4.74 Å². The van der Waals surface area contributed by atoms with E-state index in [1.165, 1.54) is 44.1 Å². The van der Waals surface area contributed by atoms with Crippen LogP contribution in [0.5, 0.6) is 0 Å². The third-order valence-corrected chi connectivity index (χ3v) is 11.0. The highest BCUT2D eigenvalue weighted by Crippen LogP contribution is 2.67. The minimum Gasteiger partial charge on any atom is -0.461 e. The second-order valence-corrected chi connectivity index (χ2v) is 13.7. The molecule has 1 unspecified atom stereocenters. The molecule has 0 aromatic carbocycles. The molecule has 0 N–H and O–H groups in total. The fraction of sp³-hybridized carbons (Fsp3) is 0.781. The van der Waals surface area contributed by atoms with E-state index >= 15 is 0 Å². The molecule has 0 aromatic heterocycles. The monoisotopic (exact) mass is 466 g/mol. The summed E-state index contributed by atoms with van der Waals surface area (Å²) in [6, 6.07) is 0. The maximum atomic E-state index is 12.4. The zero-order valence-electron chi connectivity index (χ0n) is 23.4. The van der Waals surface area contributed by atoms with Crippen molar-refractivity contribution in [1.29, 1.82) is 0 Å². The van der Waals surface area contributed by atoms with E-state index in [1.807, 2.05) is 0 Å². The highest BCUT2D eigenvalue weighted by Gasteiger charge is 2.59. The van der Waals surface area contributed by atoms with Gasteiger partial charge in [-0.05, 0) is 90.6 Å². The Morgan fingerprint density at radius 1 is 1.18 bits per heavy atom. The predicted molar refractivity (Wildman–Crippen MR) is 142 cm³/mol. The van der Waals surface area contributed by atoms with Crippen LogP contribution >= 0.6 is 0 Å². The summed E-state index contributed by atoms with van der Waals surface area (Å²) in [6.45, 7) is 22.8. The zero-order valence-corrected chi connectivity index (χ0v) is 23.4. The minimum absolute atomic E-state index is 0.0427. The number of ether oxygens (including phenoxy) is 1. The van der Waals surface area contributed by atoms with Gasteiger partial charge in [0.05, 0.1) is 0 Å². The molecule has 4 aliphatic carbocycles. The largest absolute Gasteiger partial charge is 0.461 e. The first-order valence-corrected chi connectivity index (χ1v) is 14.1. The molecule has 2 nitrogen and oxygen atoms in total. The van der Waals surface area contributed by atoms with Crippen molar-refractivity contribution in [3.05, 3.63) is 34.9 Å². The smallest absolute Gasteiger partial charge is 0.302 e. The van der Waals surface area contributed by atoms with E-state index in [1.54, 1.807) is 23.6 Å².